The summed E-state index contributed by atoms with van der Waals surface area (Å²) >= 11 is 0. The zero-order valence-corrected chi connectivity index (χ0v) is 9.03. The van der Waals surface area contributed by atoms with E-state index < -0.39 is 0 Å². The first-order valence-electron chi connectivity index (χ1n) is 5.73. The number of piperazine rings is 1. The number of hydrogen-bond acceptors (Lipinski definition) is 4. The van der Waals surface area contributed by atoms with Crippen LogP contribution in [0.15, 0.2) is 0 Å². The lowest BCUT2D eigenvalue weighted by atomic mass is 10.2. The predicted octanol–water partition coefficient (Wildman–Crippen LogP) is 0.480. The van der Waals surface area contributed by atoms with Gasteiger partial charge in [-0.3, -0.25) is 5.10 Å². The predicted molar refractivity (Wildman–Crippen MR) is 58.0 cm³/mol. The van der Waals surface area contributed by atoms with Gasteiger partial charge in [0.15, 0.2) is 0 Å². The number of aromatic amines is 1. The van der Waals surface area contributed by atoms with Crippen molar-refractivity contribution in [2.75, 3.05) is 24.5 Å². The molecule has 1 aromatic heterocycles. The van der Waals surface area contributed by atoms with Crippen molar-refractivity contribution in [1.29, 1.82) is 0 Å². The molecular formula is C10H17N5. The number of hydrogen-bond donors (Lipinski definition) is 2. The molecule has 0 amide bonds. The smallest absolute Gasteiger partial charge is 0.244 e. The number of H-pyrrole nitrogens is 1. The summed E-state index contributed by atoms with van der Waals surface area (Å²) in [5.74, 6) is 2.62. The molecule has 5 nitrogen and oxygen atoms in total. The van der Waals surface area contributed by atoms with E-state index in [9.17, 15) is 0 Å². The minimum absolute atomic E-state index is 0.529. The standard InChI is InChI=1S/C10H17N5/c1-7-6-15(5-4-11-7)10-12-9(13-14-10)8-2-3-8/h7-8,11H,2-6H2,1H3,(H,12,13,14). The Kier molecular flexibility index (Phi) is 2.12. The Morgan fingerprint density at radius 1 is 1.40 bits per heavy atom. The van der Waals surface area contributed by atoms with Crippen LogP contribution >= 0.6 is 0 Å². The fourth-order valence-corrected chi connectivity index (χ4v) is 2.06. The highest BCUT2D eigenvalue weighted by molar-refractivity contribution is 5.31. The van der Waals surface area contributed by atoms with Crippen LogP contribution in [0.1, 0.15) is 31.5 Å². The van der Waals surface area contributed by atoms with E-state index in [2.05, 4.69) is 32.3 Å². The maximum absolute atomic E-state index is 4.56. The van der Waals surface area contributed by atoms with E-state index in [0.717, 1.165) is 31.4 Å². The molecule has 15 heavy (non-hydrogen) atoms. The van der Waals surface area contributed by atoms with Crippen molar-refractivity contribution in [3.8, 4) is 0 Å². The van der Waals surface area contributed by atoms with Gasteiger partial charge in [-0.05, 0) is 19.8 Å². The van der Waals surface area contributed by atoms with Crippen molar-refractivity contribution in [1.82, 2.24) is 20.5 Å². The molecule has 82 valence electrons. The van der Waals surface area contributed by atoms with Gasteiger partial charge in [-0.1, -0.05) is 0 Å². The number of nitrogens with zero attached hydrogens (tertiary/aromatic N) is 3. The van der Waals surface area contributed by atoms with Crippen LogP contribution in [0.2, 0.25) is 0 Å². The fourth-order valence-electron chi connectivity index (χ4n) is 2.06. The molecule has 3 rings (SSSR count). The van der Waals surface area contributed by atoms with Crippen LogP contribution in [-0.4, -0.2) is 40.9 Å². The van der Waals surface area contributed by atoms with E-state index in [1.807, 2.05) is 0 Å². The lowest BCUT2D eigenvalue weighted by molar-refractivity contribution is 0.480. The van der Waals surface area contributed by atoms with Gasteiger partial charge in [-0.2, -0.15) is 4.98 Å². The third-order valence-electron chi connectivity index (χ3n) is 3.11. The van der Waals surface area contributed by atoms with Crippen LogP contribution in [0, 0.1) is 0 Å². The van der Waals surface area contributed by atoms with E-state index in [-0.39, 0.29) is 0 Å². The Morgan fingerprint density at radius 3 is 3.00 bits per heavy atom. The average molecular weight is 207 g/mol. The monoisotopic (exact) mass is 207 g/mol. The second-order valence-corrected chi connectivity index (χ2v) is 4.60. The zero-order valence-electron chi connectivity index (χ0n) is 9.03. The van der Waals surface area contributed by atoms with Gasteiger partial charge in [0.05, 0.1) is 0 Å². The summed E-state index contributed by atoms with van der Waals surface area (Å²) in [5, 5.41) is 10.8. The van der Waals surface area contributed by atoms with Crippen molar-refractivity contribution >= 4 is 5.95 Å². The molecule has 1 aliphatic carbocycles. The van der Waals surface area contributed by atoms with Crippen LogP contribution in [0.3, 0.4) is 0 Å². The van der Waals surface area contributed by atoms with Crippen molar-refractivity contribution in [3.05, 3.63) is 5.82 Å². The molecule has 0 bridgehead atoms. The number of nitrogens with one attached hydrogen (secondary N) is 2. The van der Waals surface area contributed by atoms with Gasteiger partial charge in [-0.25, -0.2) is 0 Å². The van der Waals surface area contributed by atoms with Crippen molar-refractivity contribution < 1.29 is 0 Å². The summed E-state index contributed by atoms with van der Waals surface area (Å²) in [6, 6.07) is 0.529. The summed E-state index contributed by atoms with van der Waals surface area (Å²) < 4.78 is 0. The Balaban J connectivity index is 1.73. The van der Waals surface area contributed by atoms with E-state index in [4.69, 9.17) is 0 Å². The summed E-state index contributed by atoms with van der Waals surface area (Å²) in [4.78, 5) is 6.82. The van der Waals surface area contributed by atoms with Crippen LogP contribution in [0.4, 0.5) is 5.95 Å². The molecule has 1 atom stereocenters. The lowest BCUT2D eigenvalue weighted by Crippen LogP contribution is -2.49. The van der Waals surface area contributed by atoms with Crippen LogP contribution in [-0.2, 0) is 0 Å². The first-order valence-corrected chi connectivity index (χ1v) is 5.73. The highest BCUT2D eigenvalue weighted by atomic mass is 15.4. The summed E-state index contributed by atoms with van der Waals surface area (Å²) in [5.41, 5.74) is 0. The van der Waals surface area contributed by atoms with Crippen LogP contribution < -0.4 is 10.2 Å². The topological polar surface area (TPSA) is 56.8 Å². The summed E-state index contributed by atoms with van der Waals surface area (Å²) in [6.07, 6.45) is 2.54. The zero-order chi connectivity index (χ0) is 10.3. The second-order valence-electron chi connectivity index (χ2n) is 4.60. The van der Waals surface area contributed by atoms with Crippen LogP contribution in [0.25, 0.3) is 0 Å². The van der Waals surface area contributed by atoms with Crippen molar-refractivity contribution in [3.63, 3.8) is 0 Å². The van der Waals surface area contributed by atoms with Crippen LogP contribution in [0.5, 0.6) is 0 Å². The van der Waals surface area contributed by atoms with E-state index in [0.29, 0.717) is 12.0 Å². The number of aromatic nitrogens is 3. The van der Waals surface area contributed by atoms with Gasteiger partial charge in [0.2, 0.25) is 5.95 Å². The lowest BCUT2D eigenvalue weighted by Gasteiger charge is -2.30. The quantitative estimate of drug-likeness (QED) is 0.740. The fraction of sp³-hybridized carbons (Fsp3) is 0.800. The molecule has 0 aromatic carbocycles. The van der Waals surface area contributed by atoms with Crippen molar-refractivity contribution in [2.45, 2.75) is 31.7 Å². The third-order valence-corrected chi connectivity index (χ3v) is 3.11. The molecule has 2 aliphatic rings. The molecule has 2 N–H and O–H groups in total. The normalized spacial score (nSPS) is 27.0. The first kappa shape index (κ1) is 9.15. The summed E-state index contributed by atoms with van der Waals surface area (Å²) in [7, 11) is 0. The first-order chi connectivity index (χ1) is 7.33. The van der Waals surface area contributed by atoms with E-state index in [1.165, 1.54) is 12.8 Å². The van der Waals surface area contributed by atoms with Gasteiger partial charge in [-0.15, -0.1) is 5.10 Å². The maximum atomic E-state index is 4.56. The average Bonchev–Trinajstić information content (AvgIpc) is 2.97. The van der Waals surface area contributed by atoms with Gasteiger partial charge in [0.25, 0.3) is 0 Å². The minimum Gasteiger partial charge on any atom is -0.337 e. The second kappa shape index (κ2) is 3.48. The highest BCUT2D eigenvalue weighted by Crippen LogP contribution is 2.38. The largest absolute Gasteiger partial charge is 0.337 e. The van der Waals surface area contributed by atoms with E-state index >= 15 is 0 Å². The molecule has 1 saturated carbocycles. The molecule has 1 aromatic rings. The molecule has 1 unspecified atom stereocenters. The maximum Gasteiger partial charge on any atom is 0.244 e. The molecule has 2 fully saturated rings. The molecule has 2 heterocycles. The van der Waals surface area contributed by atoms with Gasteiger partial charge < -0.3 is 10.2 Å². The van der Waals surface area contributed by atoms with Crippen molar-refractivity contribution in [2.24, 2.45) is 0 Å². The number of anilines is 1. The Morgan fingerprint density at radius 2 is 2.27 bits per heavy atom. The molecular weight excluding hydrogens is 190 g/mol. The molecule has 0 spiro atoms. The Hall–Kier alpha value is -1.10. The summed E-state index contributed by atoms with van der Waals surface area (Å²) in [6.45, 7) is 5.23. The molecule has 0 radical (unpaired) electrons. The Bertz CT molecular complexity index is 343. The minimum atomic E-state index is 0.529. The molecule has 1 saturated heterocycles. The molecule has 1 aliphatic heterocycles. The molecule has 5 heteroatoms. The van der Waals surface area contributed by atoms with E-state index in [1.54, 1.807) is 0 Å². The van der Waals surface area contributed by atoms with Gasteiger partial charge >= 0.3 is 0 Å². The van der Waals surface area contributed by atoms with Gasteiger partial charge in [0.1, 0.15) is 5.82 Å². The van der Waals surface area contributed by atoms with Gasteiger partial charge in [0, 0.05) is 31.6 Å². The highest BCUT2D eigenvalue weighted by Gasteiger charge is 2.28. The number of rotatable bonds is 2. The third kappa shape index (κ3) is 1.84. The Labute approximate surface area is 89.3 Å². The SMILES string of the molecule is CC1CN(c2n[nH]c(C3CC3)n2)CCN1.